The Morgan fingerprint density at radius 2 is 1.89 bits per heavy atom. The number of hydrogen-bond donors (Lipinski definition) is 1. The van der Waals surface area contributed by atoms with Crippen molar-refractivity contribution in [3.63, 3.8) is 0 Å². The maximum absolute atomic E-state index is 11.3. The SMILES string of the molecule is CS(=O)(=O)c1ccc(C(O)Cc2ccsc2)cc1. The fourth-order valence-corrected chi connectivity index (χ4v) is 3.00. The zero-order chi connectivity index (χ0) is 13.2. The molecule has 0 aliphatic carbocycles. The number of rotatable bonds is 4. The van der Waals surface area contributed by atoms with E-state index in [1.165, 1.54) is 18.4 Å². The third-order valence-corrected chi connectivity index (χ3v) is 4.56. The maximum Gasteiger partial charge on any atom is 0.175 e. The average molecular weight is 282 g/mol. The molecule has 2 aromatic rings. The summed E-state index contributed by atoms with van der Waals surface area (Å²) < 4.78 is 22.6. The molecule has 1 heterocycles. The lowest BCUT2D eigenvalue weighted by Gasteiger charge is -2.10. The van der Waals surface area contributed by atoms with Crippen LogP contribution < -0.4 is 0 Å². The summed E-state index contributed by atoms with van der Waals surface area (Å²) in [5.74, 6) is 0. The predicted octanol–water partition coefficient (Wildman–Crippen LogP) is 2.43. The molecule has 96 valence electrons. The second-order valence-electron chi connectivity index (χ2n) is 4.19. The molecule has 1 unspecified atom stereocenters. The number of thiophene rings is 1. The number of aliphatic hydroxyl groups is 1. The first-order chi connectivity index (χ1) is 8.47. The van der Waals surface area contributed by atoms with E-state index >= 15 is 0 Å². The summed E-state index contributed by atoms with van der Waals surface area (Å²) in [5.41, 5.74) is 1.81. The summed E-state index contributed by atoms with van der Waals surface area (Å²) in [7, 11) is -3.18. The minimum absolute atomic E-state index is 0.272. The van der Waals surface area contributed by atoms with Gasteiger partial charge in [0.25, 0.3) is 0 Å². The Labute approximate surface area is 111 Å². The molecule has 2 rings (SSSR count). The van der Waals surface area contributed by atoms with Crippen molar-refractivity contribution in [1.82, 2.24) is 0 Å². The van der Waals surface area contributed by atoms with Crippen LogP contribution >= 0.6 is 11.3 Å². The number of hydrogen-bond acceptors (Lipinski definition) is 4. The lowest BCUT2D eigenvalue weighted by Crippen LogP contribution is -2.02. The van der Waals surface area contributed by atoms with Crippen LogP contribution in [0.5, 0.6) is 0 Å². The first kappa shape index (κ1) is 13.3. The van der Waals surface area contributed by atoms with Gasteiger partial charge in [0.05, 0.1) is 11.0 Å². The summed E-state index contributed by atoms with van der Waals surface area (Å²) in [6.07, 6.45) is 1.11. The summed E-state index contributed by atoms with van der Waals surface area (Å²) in [5, 5.41) is 14.0. The molecule has 1 N–H and O–H groups in total. The van der Waals surface area contributed by atoms with E-state index in [4.69, 9.17) is 0 Å². The maximum atomic E-state index is 11.3. The van der Waals surface area contributed by atoms with Crippen LogP contribution in [0.15, 0.2) is 46.0 Å². The lowest BCUT2D eigenvalue weighted by molar-refractivity contribution is 0.178. The highest BCUT2D eigenvalue weighted by atomic mass is 32.2. The van der Waals surface area contributed by atoms with Gasteiger partial charge in [-0.2, -0.15) is 11.3 Å². The second-order valence-corrected chi connectivity index (χ2v) is 6.99. The van der Waals surface area contributed by atoms with Gasteiger partial charge in [-0.25, -0.2) is 8.42 Å². The van der Waals surface area contributed by atoms with E-state index in [1.807, 2.05) is 16.8 Å². The van der Waals surface area contributed by atoms with Gasteiger partial charge >= 0.3 is 0 Å². The Hall–Kier alpha value is -1.17. The van der Waals surface area contributed by atoms with Gasteiger partial charge in [-0.15, -0.1) is 0 Å². The van der Waals surface area contributed by atoms with Crippen LogP contribution in [0.1, 0.15) is 17.2 Å². The minimum atomic E-state index is -3.18. The zero-order valence-electron chi connectivity index (χ0n) is 9.91. The Morgan fingerprint density at radius 3 is 2.39 bits per heavy atom. The number of aliphatic hydroxyl groups excluding tert-OH is 1. The first-order valence-electron chi connectivity index (χ1n) is 5.46. The van der Waals surface area contributed by atoms with Gasteiger partial charge in [0.15, 0.2) is 9.84 Å². The Bertz CT molecular complexity index is 598. The third-order valence-electron chi connectivity index (χ3n) is 2.70. The van der Waals surface area contributed by atoms with Gasteiger partial charge in [0, 0.05) is 12.7 Å². The molecule has 3 nitrogen and oxygen atoms in total. The fourth-order valence-electron chi connectivity index (χ4n) is 1.69. The van der Waals surface area contributed by atoms with Gasteiger partial charge in [0.2, 0.25) is 0 Å². The van der Waals surface area contributed by atoms with Crippen LogP contribution in [-0.4, -0.2) is 19.8 Å². The highest BCUT2D eigenvalue weighted by Crippen LogP contribution is 2.21. The van der Waals surface area contributed by atoms with Gasteiger partial charge in [-0.1, -0.05) is 12.1 Å². The van der Waals surface area contributed by atoms with E-state index in [2.05, 4.69) is 0 Å². The van der Waals surface area contributed by atoms with E-state index in [9.17, 15) is 13.5 Å². The molecular weight excluding hydrogens is 268 g/mol. The standard InChI is InChI=1S/C13H14O3S2/c1-18(15,16)12-4-2-11(3-5-12)13(14)8-10-6-7-17-9-10/h2-7,9,13-14H,8H2,1H3. The zero-order valence-corrected chi connectivity index (χ0v) is 11.5. The van der Waals surface area contributed by atoms with Crippen molar-refractivity contribution in [3.05, 3.63) is 52.2 Å². The molecule has 1 atom stereocenters. The third kappa shape index (κ3) is 3.19. The molecule has 0 saturated carbocycles. The normalized spacial score (nSPS) is 13.4. The van der Waals surface area contributed by atoms with E-state index in [0.717, 1.165) is 11.1 Å². The Kier molecular flexibility index (Phi) is 3.85. The fraction of sp³-hybridized carbons (Fsp3) is 0.231. The quantitative estimate of drug-likeness (QED) is 0.937. The number of benzene rings is 1. The highest BCUT2D eigenvalue weighted by Gasteiger charge is 2.11. The molecule has 0 radical (unpaired) electrons. The van der Waals surface area contributed by atoms with Crippen molar-refractivity contribution in [1.29, 1.82) is 0 Å². The molecule has 18 heavy (non-hydrogen) atoms. The first-order valence-corrected chi connectivity index (χ1v) is 8.29. The molecule has 0 bridgehead atoms. The van der Waals surface area contributed by atoms with E-state index in [0.29, 0.717) is 6.42 Å². The molecule has 1 aromatic heterocycles. The summed E-state index contributed by atoms with van der Waals surface area (Å²) in [4.78, 5) is 0.272. The second kappa shape index (κ2) is 5.22. The molecule has 0 saturated heterocycles. The van der Waals surface area contributed by atoms with Crippen molar-refractivity contribution in [2.75, 3.05) is 6.26 Å². The summed E-state index contributed by atoms with van der Waals surface area (Å²) in [6, 6.07) is 8.35. The van der Waals surface area contributed by atoms with Gasteiger partial charge < -0.3 is 5.11 Å². The van der Waals surface area contributed by atoms with E-state index < -0.39 is 15.9 Å². The molecule has 1 aromatic carbocycles. The van der Waals surface area contributed by atoms with Crippen molar-refractivity contribution < 1.29 is 13.5 Å². The van der Waals surface area contributed by atoms with Crippen LogP contribution in [0.3, 0.4) is 0 Å². The average Bonchev–Trinajstić information content (AvgIpc) is 2.81. The van der Waals surface area contributed by atoms with Crippen molar-refractivity contribution in [2.24, 2.45) is 0 Å². The molecule has 5 heteroatoms. The van der Waals surface area contributed by atoms with Crippen molar-refractivity contribution >= 4 is 21.2 Å². The van der Waals surface area contributed by atoms with Crippen LogP contribution in [0.2, 0.25) is 0 Å². The largest absolute Gasteiger partial charge is 0.388 e. The van der Waals surface area contributed by atoms with Crippen LogP contribution in [0.25, 0.3) is 0 Å². The topological polar surface area (TPSA) is 54.4 Å². The van der Waals surface area contributed by atoms with Crippen molar-refractivity contribution in [3.8, 4) is 0 Å². The summed E-state index contributed by atoms with van der Waals surface area (Å²) in [6.45, 7) is 0. The van der Waals surface area contributed by atoms with Crippen LogP contribution in [0.4, 0.5) is 0 Å². The molecule has 0 fully saturated rings. The van der Waals surface area contributed by atoms with Gasteiger partial charge in [-0.05, 0) is 40.1 Å². The van der Waals surface area contributed by atoms with Crippen LogP contribution in [-0.2, 0) is 16.3 Å². The Morgan fingerprint density at radius 1 is 1.22 bits per heavy atom. The van der Waals surface area contributed by atoms with E-state index in [1.54, 1.807) is 23.5 Å². The number of sulfone groups is 1. The molecule has 0 spiro atoms. The monoisotopic (exact) mass is 282 g/mol. The van der Waals surface area contributed by atoms with Gasteiger partial charge in [0.1, 0.15) is 0 Å². The lowest BCUT2D eigenvalue weighted by atomic mass is 10.0. The Balaban J connectivity index is 2.14. The van der Waals surface area contributed by atoms with Gasteiger partial charge in [-0.3, -0.25) is 0 Å². The smallest absolute Gasteiger partial charge is 0.175 e. The van der Waals surface area contributed by atoms with Crippen LogP contribution in [0, 0.1) is 0 Å². The minimum Gasteiger partial charge on any atom is -0.388 e. The van der Waals surface area contributed by atoms with Crippen molar-refractivity contribution in [2.45, 2.75) is 17.4 Å². The molecule has 0 aliphatic heterocycles. The molecule has 0 aliphatic rings. The molecule has 0 amide bonds. The highest BCUT2D eigenvalue weighted by molar-refractivity contribution is 7.90. The predicted molar refractivity (Wildman–Crippen MR) is 72.5 cm³/mol. The summed E-state index contributed by atoms with van der Waals surface area (Å²) >= 11 is 1.59. The molecular formula is C13H14O3S2. The van der Waals surface area contributed by atoms with E-state index in [-0.39, 0.29) is 4.90 Å².